The zero-order valence-electron chi connectivity index (χ0n) is 12.4. The number of hydrogen-bond acceptors (Lipinski definition) is 3. The number of nitrogens with zero attached hydrogens (tertiary/aromatic N) is 3. The predicted octanol–water partition coefficient (Wildman–Crippen LogP) is 3.08. The van der Waals surface area contributed by atoms with Crippen LogP contribution in [0.1, 0.15) is 28.9 Å². The summed E-state index contributed by atoms with van der Waals surface area (Å²) in [6.07, 6.45) is 0. The Kier molecular flexibility index (Phi) is 2.96. The molecule has 2 aromatic rings. The molecule has 22 heavy (non-hydrogen) atoms. The number of para-hydroxylation sites is 1. The van der Waals surface area contributed by atoms with E-state index in [9.17, 15) is 4.79 Å². The largest absolute Gasteiger partial charge is 0.302 e. The van der Waals surface area contributed by atoms with Crippen molar-refractivity contribution in [3.63, 3.8) is 0 Å². The third kappa shape index (κ3) is 1.77. The van der Waals surface area contributed by atoms with Crippen LogP contribution in [0.25, 0.3) is 0 Å². The maximum absolute atomic E-state index is 12.7. The monoisotopic (exact) mass is 291 g/mol. The molecule has 0 aromatic heterocycles. The number of aliphatic imine (C=N–C) groups is 1. The summed E-state index contributed by atoms with van der Waals surface area (Å²) in [5.41, 5.74) is 2.94. The van der Waals surface area contributed by atoms with Crippen LogP contribution in [0.15, 0.2) is 59.6 Å². The van der Waals surface area contributed by atoms with Crippen LogP contribution in [0.2, 0.25) is 0 Å². The molecule has 4 heteroatoms. The highest BCUT2D eigenvalue weighted by molar-refractivity contribution is 6.19. The third-order valence-corrected chi connectivity index (χ3v) is 4.31. The highest BCUT2D eigenvalue weighted by Gasteiger charge is 2.41. The normalized spacial score (nSPS) is 19.8. The van der Waals surface area contributed by atoms with Crippen LogP contribution in [-0.2, 0) is 0 Å². The Hall–Kier alpha value is -2.62. The fourth-order valence-corrected chi connectivity index (χ4v) is 3.27. The van der Waals surface area contributed by atoms with Crippen LogP contribution in [0, 0.1) is 0 Å². The molecule has 2 aliphatic heterocycles. The quantitative estimate of drug-likeness (QED) is 0.852. The topological polar surface area (TPSA) is 35.9 Å². The molecule has 0 bridgehead atoms. The van der Waals surface area contributed by atoms with Crippen molar-refractivity contribution >= 4 is 17.6 Å². The lowest BCUT2D eigenvalue weighted by Crippen LogP contribution is -2.50. The van der Waals surface area contributed by atoms with Crippen molar-refractivity contribution in [3.05, 3.63) is 65.7 Å². The Labute approximate surface area is 129 Å². The minimum atomic E-state index is 0.0433. The molecule has 0 aliphatic carbocycles. The Morgan fingerprint density at radius 3 is 2.59 bits per heavy atom. The Bertz CT molecular complexity index is 754. The van der Waals surface area contributed by atoms with Gasteiger partial charge in [0.15, 0.2) is 0 Å². The van der Waals surface area contributed by atoms with Crippen molar-refractivity contribution < 1.29 is 4.79 Å². The molecule has 0 spiro atoms. The summed E-state index contributed by atoms with van der Waals surface area (Å²) in [6, 6.07) is 18.3. The lowest BCUT2D eigenvalue weighted by Gasteiger charge is -2.38. The number of amides is 1. The van der Waals surface area contributed by atoms with Gasteiger partial charge in [0.25, 0.3) is 5.91 Å². The van der Waals surface area contributed by atoms with Crippen molar-refractivity contribution in [2.45, 2.75) is 13.0 Å². The van der Waals surface area contributed by atoms with Crippen LogP contribution in [0.3, 0.4) is 0 Å². The average molecular weight is 291 g/mol. The molecule has 0 N–H and O–H groups in total. The summed E-state index contributed by atoms with van der Waals surface area (Å²) < 4.78 is 0. The second kappa shape index (κ2) is 4.98. The molecule has 2 aliphatic rings. The van der Waals surface area contributed by atoms with E-state index in [1.54, 1.807) is 4.90 Å². The molecule has 1 amide bonds. The van der Waals surface area contributed by atoms with Crippen molar-refractivity contribution in [2.24, 2.45) is 4.99 Å². The van der Waals surface area contributed by atoms with E-state index in [0.29, 0.717) is 13.1 Å². The number of guanidine groups is 1. The van der Waals surface area contributed by atoms with Gasteiger partial charge in [-0.1, -0.05) is 42.5 Å². The van der Waals surface area contributed by atoms with Crippen LogP contribution >= 0.6 is 0 Å². The molecule has 0 saturated carbocycles. The fourth-order valence-electron chi connectivity index (χ4n) is 3.27. The summed E-state index contributed by atoms with van der Waals surface area (Å²) in [7, 11) is 0. The van der Waals surface area contributed by atoms with E-state index in [1.807, 2.05) is 49.4 Å². The van der Waals surface area contributed by atoms with Crippen LogP contribution in [0.4, 0.5) is 5.69 Å². The van der Waals surface area contributed by atoms with Gasteiger partial charge in [-0.25, -0.2) is 4.99 Å². The molecule has 1 atom stereocenters. The van der Waals surface area contributed by atoms with Gasteiger partial charge in [0, 0.05) is 6.54 Å². The number of hydrogen-bond donors (Lipinski definition) is 0. The summed E-state index contributed by atoms with van der Waals surface area (Å²) in [5, 5.41) is 0. The summed E-state index contributed by atoms with van der Waals surface area (Å²) in [4.78, 5) is 21.3. The van der Waals surface area contributed by atoms with E-state index in [0.717, 1.165) is 17.2 Å². The van der Waals surface area contributed by atoms with E-state index in [-0.39, 0.29) is 11.9 Å². The van der Waals surface area contributed by atoms with Gasteiger partial charge in [-0.15, -0.1) is 0 Å². The highest BCUT2D eigenvalue weighted by atomic mass is 16.2. The highest BCUT2D eigenvalue weighted by Crippen LogP contribution is 2.38. The number of anilines is 1. The Morgan fingerprint density at radius 1 is 1.09 bits per heavy atom. The maximum Gasteiger partial charge on any atom is 0.262 e. The number of carbonyl (C=O) groups excluding carboxylic acids is 1. The second-order valence-corrected chi connectivity index (χ2v) is 5.50. The number of carbonyl (C=O) groups is 1. The first-order chi connectivity index (χ1) is 10.8. The lowest BCUT2D eigenvalue weighted by molar-refractivity contribution is 0.0846. The van der Waals surface area contributed by atoms with Gasteiger partial charge in [-0.3, -0.25) is 9.69 Å². The number of rotatable bonds is 2. The Balaban J connectivity index is 1.86. The van der Waals surface area contributed by atoms with Crippen molar-refractivity contribution in [1.82, 2.24) is 4.90 Å². The molecule has 4 nitrogen and oxygen atoms in total. The van der Waals surface area contributed by atoms with E-state index in [2.05, 4.69) is 22.0 Å². The molecular weight excluding hydrogens is 274 g/mol. The Morgan fingerprint density at radius 2 is 1.82 bits per heavy atom. The fraction of sp³-hybridized carbons (Fsp3) is 0.222. The first-order valence-electron chi connectivity index (χ1n) is 7.60. The van der Waals surface area contributed by atoms with Gasteiger partial charge < -0.3 is 4.90 Å². The van der Waals surface area contributed by atoms with Gasteiger partial charge in [-0.2, -0.15) is 0 Å². The number of benzene rings is 2. The molecule has 110 valence electrons. The van der Waals surface area contributed by atoms with E-state index >= 15 is 0 Å². The molecule has 1 unspecified atom stereocenters. The van der Waals surface area contributed by atoms with Gasteiger partial charge in [0.1, 0.15) is 0 Å². The van der Waals surface area contributed by atoms with Crippen LogP contribution in [-0.4, -0.2) is 29.9 Å². The standard InChI is InChI=1S/C18H17N3O/c1-2-20-17(22)14-10-6-7-11-15(14)21-16(12-19-18(20)21)13-8-4-3-5-9-13/h3-11,16H,2,12H2,1H3. The lowest BCUT2D eigenvalue weighted by atomic mass is 10.0. The molecule has 2 aromatic carbocycles. The first-order valence-corrected chi connectivity index (χ1v) is 7.60. The average Bonchev–Trinajstić information content (AvgIpc) is 3.01. The van der Waals surface area contributed by atoms with Crippen molar-refractivity contribution in [2.75, 3.05) is 18.0 Å². The van der Waals surface area contributed by atoms with E-state index < -0.39 is 0 Å². The van der Waals surface area contributed by atoms with Crippen LogP contribution in [0.5, 0.6) is 0 Å². The molecule has 4 rings (SSSR count). The SMILES string of the molecule is CCN1C(=O)c2ccccc2N2C1=NCC2c1ccccc1. The summed E-state index contributed by atoms with van der Waals surface area (Å²) in [6.45, 7) is 3.30. The van der Waals surface area contributed by atoms with Gasteiger partial charge in [0.05, 0.1) is 23.8 Å². The predicted molar refractivity (Wildman–Crippen MR) is 87.1 cm³/mol. The maximum atomic E-state index is 12.7. The molecule has 0 saturated heterocycles. The molecule has 0 fully saturated rings. The molecular formula is C18H17N3O. The zero-order valence-corrected chi connectivity index (χ0v) is 12.4. The zero-order chi connectivity index (χ0) is 15.1. The first kappa shape index (κ1) is 13.1. The molecule has 0 radical (unpaired) electrons. The van der Waals surface area contributed by atoms with Gasteiger partial charge in [-0.05, 0) is 24.6 Å². The summed E-state index contributed by atoms with van der Waals surface area (Å²) >= 11 is 0. The van der Waals surface area contributed by atoms with Gasteiger partial charge in [0.2, 0.25) is 5.96 Å². The number of fused-ring (bicyclic) bond motifs is 3. The third-order valence-electron chi connectivity index (χ3n) is 4.31. The molecule has 2 heterocycles. The smallest absolute Gasteiger partial charge is 0.262 e. The summed E-state index contributed by atoms with van der Waals surface area (Å²) in [5.74, 6) is 0.821. The minimum absolute atomic E-state index is 0.0433. The van der Waals surface area contributed by atoms with E-state index in [4.69, 9.17) is 0 Å². The minimum Gasteiger partial charge on any atom is -0.302 e. The van der Waals surface area contributed by atoms with E-state index in [1.165, 1.54) is 5.56 Å². The second-order valence-electron chi connectivity index (χ2n) is 5.50. The van der Waals surface area contributed by atoms with Gasteiger partial charge >= 0.3 is 0 Å². The van der Waals surface area contributed by atoms with Crippen molar-refractivity contribution in [1.29, 1.82) is 0 Å². The van der Waals surface area contributed by atoms with Crippen molar-refractivity contribution in [3.8, 4) is 0 Å². The van der Waals surface area contributed by atoms with Crippen LogP contribution < -0.4 is 4.90 Å².